The number of pyridine rings is 1. The first kappa shape index (κ1) is 22.3. The Balaban J connectivity index is 1.57. The molecular weight excluding hydrogens is 422 g/mol. The number of carbonyl (C=O) groups is 2. The van der Waals surface area contributed by atoms with Gasteiger partial charge in [-0.3, -0.25) is 9.59 Å². The Bertz CT molecular complexity index is 1180. The lowest BCUT2D eigenvalue weighted by molar-refractivity contribution is 0.0879. The zero-order valence-electron chi connectivity index (χ0n) is 18.3. The summed E-state index contributed by atoms with van der Waals surface area (Å²) in [5.41, 5.74) is 4.07. The van der Waals surface area contributed by atoms with Crippen LogP contribution in [-0.2, 0) is 0 Å². The van der Waals surface area contributed by atoms with Gasteiger partial charge in [-0.1, -0.05) is 12.1 Å². The van der Waals surface area contributed by atoms with E-state index in [1.54, 1.807) is 42.4 Å². The third-order valence-electron chi connectivity index (χ3n) is 5.58. The molecule has 1 aliphatic rings. The number of nitrogens with one attached hydrogen (secondary N) is 2. The van der Waals surface area contributed by atoms with E-state index in [-0.39, 0.29) is 25.0 Å². The fourth-order valence-corrected chi connectivity index (χ4v) is 3.67. The number of para-hydroxylation sites is 1. The molecule has 0 spiro atoms. The zero-order chi connectivity index (χ0) is 23.5. The predicted molar refractivity (Wildman–Crippen MR) is 127 cm³/mol. The molecule has 1 aliphatic heterocycles. The van der Waals surface area contributed by atoms with Crippen molar-refractivity contribution in [3.63, 3.8) is 0 Å². The highest BCUT2D eigenvalue weighted by Gasteiger charge is 2.27. The molecule has 2 aromatic carbocycles. The van der Waals surface area contributed by atoms with Gasteiger partial charge in [0.2, 0.25) is 0 Å². The van der Waals surface area contributed by atoms with Crippen molar-refractivity contribution in [2.45, 2.75) is 6.04 Å². The molecule has 1 aromatic heterocycles. The lowest BCUT2D eigenvalue weighted by Crippen LogP contribution is -2.40. The lowest BCUT2D eigenvalue weighted by Gasteiger charge is -2.22. The van der Waals surface area contributed by atoms with Crippen molar-refractivity contribution in [2.24, 2.45) is 0 Å². The lowest BCUT2D eigenvalue weighted by atomic mass is 10.1. The molecule has 170 valence electrons. The Morgan fingerprint density at radius 3 is 2.36 bits per heavy atom. The second-order valence-corrected chi connectivity index (χ2v) is 7.74. The molecule has 0 saturated carbocycles. The van der Waals surface area contributed by atoms with E-state index in [1.807, 2.05) is 42.3 Å². The first-order valence-corrected chi connectivity index (χ1v) is 10.4. The summed E-state index contributed by atoms with van der Waals surface area (Å²) in [5.74, 6) is 0.0988. The fraction of sp³-hybridized carbons (Fsp3) is 0.208. The summed E-state index contributed by atoms with van der Waals surface area (Å²) in [4.78, 5) is 33.2. The molecule has 4 rings (SSSR count). The van der Waals surface area contributed by atoms with Crippen LogP contribution in [0.3, 0.4) is 0 Å². The first-order chi connectivity index (χ1) is 15.9. The van der Waals surface area contributed by atoms with Crippen molar-refractivity contribution in [2.75, 3.05) is 42.4 Å². The molecule has 9 heteroatoms. The summed E-state index contributed by atoms with van der Waals surface area (Å²) in [6.07, 6.45) is 1.66. The Labute approximate surface area is 191 Å². The summed E-state index contributed by atoms with van der Waals surface area (Å²) >= 11 is 0. The van der Waals surface area contributed by atoms with Gasteiger partial charge >= 0.3 is 0 Å². The fourth-order valence-electron chi connectivity index (χ4n) is 3.67. The molecule has 9 nitrogen and oxygen atoms in total. The number of amides is 2. The van der Waals surface area contributed by atoms with E-state index in [1.165, 1.54) is 0 Å². The Morgan fingerprint density at radius 1 is 0.970 bits per heavy atom. The molecule has 2 amide bonds. The molecule has 0 bridgehead atoms. The van der Waals surface area contributed by atoms with E-state index in [0.717, 1.165) is 17.1 Å². The van der Waals surface area contributed by atoms with E-state index in [0.29, 0.717) is 22.6 Å². The van der Waals surface area contributed by atoms with Gasteiger partial charge in [-0.05, 0) is 36.4 Å². The molecule has 2 heterocycles. The smallest absolute Gasteiger partial charge is 0.260 e. The van der Waals surface area contributed by atoms with Crippen molar-refractivity contribution in [1.29, 1.82) is 0 Å². The van der Waals surface area contributed by atoms with E-state index in [2.05, 4.69) is 15.6 Å². The second kappa shape index (κ2) is 9.27. The molecule has 3 aromatic rings. The van der Waals surface area contributed by atoms with E-state index in [9.17, 15) is 9.59 Å². The van der Waals surface area contributed by atoms with Crippen molar-refractivity contribution >= 4 is 40.4 Å². The molecule has 33 heavy (non-hydrogen) atoms. The summed E-state index contributed by atoms with van der Waals surface area (Å²) in [7, 11) is 3.64. The van der Waals surface area contributed by atoms with Crippen molar-refractivity contribution < 1.29 is 19.8 Å². The minimum atomic E-state index is -0.703. The summed E-state index contributed by atoms with van der Waals surface area (Å²) in [6, 6.07) is 15.4. The van der Waals surface area contributed by atoms with E-state index < -0.39 is 6.04 Å². The minimum absolute atomic E-state index is 0.0998. The summed E-state index contributed by atoms with van der Waals surface area (Å²) < 4.78 is 0. The number of benzene rings is 2. The number of aliphatic hydroxyl groups excluding tert-OH is 2. The van der Waals surface area contributed by atoms with E-state index >= 15 is 0 Å². The normalized spacial score (nSPS) is 12.8. The SMILES string of the molecule is CN1C(=O)c2ccccc2N(C)c2cc(Nc3ccc(C(=O)NC(CO)CO)cc3)ncc21. The van der Waals surface area contributed by atoms with Crippen LogP contribution in [0.5, 0.6) is 0 Å². The number of rotatable bonds is 6. The number of aromatic nitrogens is 1. The number of nitrogens with zero attached hydrogens (tertiary/aromatic N) is 3. The number of fused-ring (bicyclic) bond motifs is 2. The highest BCUT2D eigenvalue weighted by Crippen LogP contribution is 2.39. The Hall–Kier alpha value is -3.95. The van der Waals surface area contributed by atoms with Crippen LogP contribution in [0, 0.1) is 0 Å². The van der Waals surface area contributed by atoms with Crippen LogP contribution < -0.4 is 20.4 Å². The van der Waals surface area contributed by atoms with Gasteiger partial charge in [0.1, 0.15) is 5.82 Å². The maximum Gasteiger partial charge on any atom is 0.260 e. The topological polar surface area (TPSA) is 118 Å². The largest absolute Gasteiger partial charge is 0.394 e. The molecule has 0 fully saturated rings. The first-order valence-electron chi connectivity index (χ1n) is 10.4. The number of carbonyl (C=O) groups excluding carboxylic acids is 2. The maximum absolute atomic E-state index is 12.9. The quantitative estimate of drug-likeness (QED) is 0.458. The van der Waals surface area contributed by atoms with Crippen LogP contribution in [0.25, 0.3) is 0 Å². The Kier molecular flexibility index (Phi) is 6.25. The van der Waals surface area contributed by atoms with Crippen molar-refractivity contribution in [3.8, 4) is 0 Å². The third kappa shape index (κ3) is 4.36. The van der Waals surface area contributed by atoms with Crippen LogP contribution in [-0.4, -0.2) is 60.4 Å². The number of hydrogen-bond donors (Lipinski definition) is 4. The van der Waals surface area contributed by atoms with Crippen LogP contribution in [0.2, 0.25) is 0 Å². The van der Waals surface area contributed by atoms with Gasteiger partial charge in [0, 0.05) is 31.4 Å². The average molecular weight is 447 g/mol. The highest BCUT2D eigenvalue weighted by molar-refractivity contribution is 6.13. The van der Waals surface area contributed by atoms with E-state index in [4.69, 9.17) is 10.2 Å². The molecule has 0 atom stereocenters. The van der Waals surface area contributed by atoms with Gasteiger partial charge in [-0.25, -0.2) is 4.98 Å². The van der Waals surface area contributed by atoms with Crippen LogP contribution in [0.1, 0.15) is 20.7 Å². The second-order valence-electron chi connectivity index (χ2n) is 7.74. The van der Waals surface area contributed by atoms with Crippen LogP contribution in [0.15, 0.2) is 60.8 Å². The molecule has 0 unspecified atom stereocenters. The number of hydrogen-bond acceptors (Lipinski definition) is 7. The highest BCUT2D eigenvalue weighted by atomic mass is 16.3. The number of aliphatic hydroxyl groups is 2. The molecule has 0 aliphatic carbocycles. The van der Waals surface area contributed by atoms with Crippen molar-refractivity contribution in [1.82, 2.24) is 10.3 Å². The van der Waals surface area contributed by atoms with Crippen molar-refractivity contribution in [3.05, 3.63) is 71.9 Å². The van der Waals surface area contributed by atoms with Gasteiger partial charge < -0.3 is 30.6 Å². The van der Waals surface area contributed by atoms with Gasteiger partial charge in [0.25, 0.3) is 11.8 Å². The summed E-state index contributed by atoms with van der Waals surface area (Å²) in [5, 5.41) is 24.0. The van der Waals surface area contributed by atoms with Gasteiger partial charge in [-0.15, -0.1) is 0 Å². The Morgan fingerprint density at radius 2 is 1.67 bits per heavy atom. The van der Waals surface area contributed by atoms with Gasteiger partial charge in [0.05, 0.1) is 48.1 Å². The maximum atomic E-state index is 12.9. The monoisotopic (exact) mass is 447 g/mol. The minimum Gasteiger partial charge on any atom is -0.394 e. The average Bonchev–Trinajstić information content (AvgIpc) is 2.92. The molecule has 0 radical (unpaired) electrons. The van der Waals surface area contributed by atoms with Crippen LogP contribution >= 0.6 is 0 Å². The molecule has 4 N–H and O–H groups in total. The molecular formula is C24H25N5O4. The standard InChI is InChI=1S/C24H25N5O4/c1-28-19-6-4-3-5-18(19)24(33)29(2)21-12-25-22(11-20(21)28)26-16-9-7-15(8-10-16)23(32)27-17(13-30)14-31/h3-12,17,30-31H,13-14H2,1-2H3,(H,25,26)(H,27,32). The third-order valence-corrected chi connectivity index (χ3v) is 5.58. The zero-order valence-corrected chi connectivity index (χ0v) is 18.3. The van der Waals surface area contributed by atoms with Crippen LogP contribution in [0.4, 0.5) is 28.6 Å². The van der Waals surface area contributed by atoms with Gasteiger partial charge in [-0.2, -0.15) is 0 Å². The molecule has 0 saturated heterocycles. The van der Waals surface area contributed by atoms with Gasteiger partial charge in [0.15, 0.2) is 0 Å². The number of anilines is 5. The predicted octanol–water partition coefficient (Wildman–Crippen LogP) is 2.27. The summed E-state index contributed by atoms with van der Waals surface area (Å²) in [6.45, 7) is -0.683.